The van der Waals surface area contributed by atoms with Gasteiger partial charge < -0.3 is 51.8 Å². The fraction of sp³-hybridized carbons (Fsp3) is 0.854. The lowest BCUT2D eigenvalue weighted by atomic mass is 9.90. The molecule has 8 N–H and O–H groups in total. The zero-order valence-electron chi connectivity index (χ0n) is 35.4. The second-order valence-corrected chi connectivity index (χ2v) is 15.9. The van der Waals surface area contributed by atoms with Crippen molar-refractivity contribution in [2.45, 2.75) is 167 Å². The monoisotopic (exact) mass is 810 g/mol. The average Bonchev–Trinajstić information content (AvgIpc) is 3.47. The van der Waals surface area contributed by atoms with Crippen molar-refractivity contribution in [2.24, 2.45) is 17.6 Å². The SMILES string of the molecule is CCCCCC[C@H]1OC[C@@H](C)NC(=O)[C@H](COCCCNCCCC(=O)O)NC(=O)[C@H](CN)NC(=O)[C@H](C2CCCCCC2)NC(=O)[C@H](CCC)N(C)C(=O)[C@@H]1C. The van der Waals surface area contributed by atoms with E-state index in [2.05, 4.69) is 33.5 Å². The molecular weight excluding hydrogens is 734 g/mol. The predicted molar refractivity (Wildman–Crippen MR) is 218 cm³/mol. The molecule has 0 radical (unpaired) electrons. The molecule has 0 aromatic carbocycles. The summed E-state index contributed by atoms with van der Waals surface area (Å²) in [6.07, 6.45) is 11.6. The van der Waals surface area contributed by atoms with Gasteiger partial charge in [0.2, 0.25) is 29.5 Å². The van der Waals surface area contributed by atoms with Gasteiger partial charge in [-0.1, -0.05) is 78.6 Å². The molecule has 1 heterocycles. The Labute approximate surface area is 340 Å². The summed E-state index contributed by atoms with van der Waals surface area (Å²) < 4.78 is 12.2. The summed E-state index contributed by atoms with van der Waals surface area (Å²) in [5, 5.41) is 23.4. The van der Waals surface area contributed by atoms with Crippen LogP contribution >= 0.6 is 0 Å². The normalized spacial score (nSPS) is 26.9. The van der Waals surface area contributed by atoms with Crippen molar-refractivity contribution in [2.75, 3.05) is 46.5 Å². The zero-order valence-corrected chi connectivity index (χ0v) is 35.4. The summed E-state index contributed by atoms with van der Waals surface area (Å²) in [5.74, 6) is -4.01. The Bertz CT molecular complexity index is 1230. The van der Waals surface area contributed by atoms with Crippen molar-refractivity contribution in [1.29, 1.82) is 0 Å². The molecule has 1 saturated heterocycles. The molecule has 2 rings (SSSR count). The van der Waals surface area contributed by atoms with E-state index in [0.717, 1.165) is 64.2 Å². The maximum atomic E-state index is 14.2. The highest BCUT2D eigenvalue weighted by Gasteiger charge is 2.38. The van der Waals surface area contributed by atoms with Crippen molar-refractivity contribution in [1.82, 2.24) is 31.5 Å². The molecule has 2 aliphatic rings. The first-order valence-corrected chi connectivity index (χ1v) is 21.6. The summed E-state index contributed by atoms with van der Waals surface area (Å²) in [6, 6.07) is -4.63. The third-order valence-electron chi connectivity index (χ3n) is 11.0. The lowest BCUT2D eigenvalue weighted by Gasteiger charge is -2.34. The maximum Gasteiger partial charge on any atom is 0.303 e. The largest absolute Gasteiger partial charge is 0.481 e. The van der Waals surface area contributed by atoms with Crippen LogP contribution in [-0.2, 0) is 38.2 Å². The first-order chi connectivity index (χ1) is 27.3. The molecular formula is C41H75N7O9. The van der Waals surface area contributed by atoms with Gasteiger partial charge in [0.25, 0.3) is 0 Å². The Hall–Kier alpha value is -3.34. The molecule has 0 bridgehead atoms. The minimum atomic E-state index is -1.21. The zero-order chi connectivity index (χ0) is 42.2. The highest BCUT2D eigenvalue weighted by molar-refractivity contribution is 5.96. The number of carboxylic acids is 1. The van der Waals surface area contributed by atoms with Crippen LogP contribution < -0.4 is 32.3 Å². The second kappa shape index (κ2) is 28.1. The van der Waals surface area contributed by atoms with Crippen LogP contribution in [0.4, 0.5) is 0 Å². The summed E-state index contributed by atoms with van der Waals surface area (Å²) >= 11 is 0. The topological polar surface area (TPSA) is 231 Å². The van der Waals surface area contributed by atoms with E-state index in [-0.39, 0.29) is 44.6 Å². The second-order valence-electron chi connectivity index (χ2n) is 15.9. The van der Waals surface area contributed by atoms with Gasteiger partial charge in [-0.2, -0.15) is 0 Å². The third-order valence-corrected chi connectivity index (χ3v) is 11.0. The quantitative estimate of drug-likeness (QED) is 0.0740. The van der Waals surface area contributed by atoms with E-state index in [1.54, 1.807) is 14.0 Å². The fourth-order valence-electron chi connectivity index (χ4n) is 7.54. The van der Waals surface area contributed by atoms with Gasteiger partial charge >= 0.3 is 5.97 Å². The van der Waals surface area contributed by atoms with E-state index in [1.807, 2.05) is 13.8 Å². The van der Waals surface area contributed by atoms with E-state index in [1.165, 1.54) is 4.90 Å². The Morgan fingerprint density at radius 2 is 1.49 bits per heavy atom. The summed E-state index contributed by atoms with van der Waals surface area (Å²) in [4.78, 5) is 82.2. The number of amides is 5. The van der Waals surface area contributed by atoms with Gasteiger partial charge in [-0.25, -0.2) is 0 Å². The molecule has 0 aromatic heterocycles. The van der Waals surface area contributed by atoms with Crippen molar-refractivity contribution >= 4 is 35.5 Å². The highest BCUT2D eigenvalue weighted by Crippen LogP contribution is 2.27. The molecule has 1 saturated carbocycles. The van der Waals surface area contributed by atoms with Crippen LogP contribution in [-0.4, -0.2) is 128 Å². The van der Waals surface area contributed by atoms with Crippen LogP contribution in [0, 0.1) is 11.8 Å². The molecule has 0 spiro atoms. The van der Waals surface area contributed by atoms with Crippen LogP contribution in [0.2, 0.25) is 0 Å². The van der Waals surface area contributed by atoms with Crippen LogP contribution in [0.3, 0.4) is 0 Å². The van der Waals surface area contributed by atoms with Crippen molar-refractivity contribution in [3.63, 3.8) is 0 Å². The van der Waals surface area contributed by atoms with Crippen LogP contribution in [0.5, 0.6) is 0 Å². The molecule has 0 aromatic rings. The number of carboxylic acid groups (broad SMARTS) is 1. The van der Waals surface area contributed by atoms with E-state index in [4.69, 9.17) is 20.3 Å². The summed E-state index contributed by atoms with van der Waals surface area (Å²) in [5.41, 5.74) is 6.06. The first-order valence-electron chi connectivity index (χ1n) is 21.6. The molecule has 57 heavy (non-hydrogen) atoms. The minimum Gasteiger partial charge on any atom is -0.481 e. The van der Waals surface area contributed by atoms with Gasteiger partial charge in [0.05, 0.1) is 25.2 Å². The number of carbonyl (C=O) groups is 6. The predicted octanol–water partition coefficient (Wildman–Crippen LogP) is 2.37. The van der Waals surface area contributed by atoms with Gasteiger partial charge in [-0.05, 0) is 64.5 Å². The van der Waals surface area contributed by atoms with Gasteiger partial charge in [0, 0.05) is 32.7 Å². The number of nitrogens with two attached hydrogens (primary N) is 1. The van der Waals surface area contributed by atoms with Gasteiger partial charge in [-0.15, -0.1) is 0 Å². The smallest absolute Gasteiger partial charge is 0.303 e. The molecule has 16 nitrogen and oxygen atoms in total. The molecule has 0 unspecified atom stereocenters. The number of nitrogens with one attached hydrogen (secondary N) is 5. The number of unbranched alkanes of at least 4 members (excludes halogenated alkanes) is 3. The van der Waals surface area contributed by atoms with Crippen LogP contribution in [0.1, 0.15) is 130 Å². The minimum absolute atomic E-state index is 0.0805. The fourth-order valence-corrected chi connectivity index (χ4v) is 7.54. The highest BCUT2D eigenvalue weighted by atomic mass is 16.5. The van der Waals surface area contributed by atoms with Crippen molar-refractivity contribution in [3.05, 3.63) is 0 Å². The third kappa shape index (κ3) is 18.4. The lowest BCUT2D eigenvalue weighted by Crippen LogP contribution is -2.62. The Balaban J connectivity index is 2.42. The number of hydrogen-bond acceptors (Lipinski definition) is 10. The number of nitrogens with zero attached hydrogens (tertiary/aromatic N) is 1. The number of likely N-dealkylation sites (N-methyl/N-ethyl adjacent to an activating group) is 1. The van der Waals surface area contributed by atoms with E-state index in [9.17, 15) is 28.8 Å². The number of hydrogen-bond donors (Lipinski definition) is 7. The molecule has 2 fully saturated rings. The lowest BCUT2D eigenvalue weighted by molar-refractivity contribution is -0.147. The van der Waals surface area contributed by atoms with E-state index < -0.39 is 71.8 Å². The maximum absolute atomic E-state index is 14.2. The molecule has 7 atom stereocenters. The van der Waals surface area contributed by atoms with Gasteiger partial charge in [-0.3, -0.25) is 28.8 Å². The molecule has 5 amide bonds. The van der Waals surface area contributed by atoms with Gasteiger partial charge in [0.1, 0.15) is 24.2 Å². The number of ether oxygens (including phenoxy) is 2. The Morgan fingerprint density at radius 1 is 0.825 bits per heavy atom. The van der Waals surface area contributed by atoms with Crippen LogP contribution in [0.15, 0.2) is 0 Å². The summed E-state index contributed by atoms with van der Waals surface area (Å²) in [7, 11) is 1.63. The van der Waals surface area contributed by atoms with Gasteiger partial charge in [0.15, 0.2) is 0 Å². The van der Waals surface area contributed by atoms with E-state index in [0.29, 0.717) is 45.2 Å². The van der Waals surface area contributed by atoms with Crippen molar-refractivity contribution < 1.29 is 43.3 Å². The summed E-state index contributed by atoms with van der Waals surface area (Å²) in [6.45, 7) is 8.75. The molecule has 1 aliphatic carbocycles. The number of carbonyl (C=O) groups excluding carboxylic acids is 5. The molecule has 16 heteroatoms. The average molecular weight is 810 g/mol. The number of rotatable bonds is 19. The van der Waals surface area contributed by atoms with Crippen molar-refractivity contribution in [3.8, 4) is 0 Å². The Kier molecular flexibility index (Phi) is 24.6. The first kappa shape index (κ1) is 49.8. The molecule has 328 valence electrons. The van der Waals surface area contributed by atoms with E-state index >= 15 is 0 Å². The van der Waals surface area contributed by atoms with Crippen LogP contribution in [0.25, 0.3) is 0 Å². The number of aliphatic carboxylic acids is 1. The molecule has 1 aliphatic heterocycles. The standard InChI is InChI=1S/C41H75N7O9/c1-6-8-9-14-20-34-29(4)41(55)48(5)33(17-7-2)39(53)47-36(30-18-12-10-11-13-19-30)40(54)45-31(25-42)37(51)46-32(38(52)44-28(3)26-57-34)27-56-24-16-23-43-22-15-21-35(49)50/h28-34,36,43H,6-27,42H2,1-5H3,(H,44,52)(H,45,54)(H,46,51)(H,47,53)(H,49,50)/t28-,29-,31+,32+,33+,34-,36+/m1/s1. The Morgan fingerprint density at radius 3 is 2.14 bits per heavy atom.